The van der Waals surface area contributed by atoms with E-state index in [0.717, 1.165) is 10.0 Å². The van der Waals surface area contributed by atoms with Gasteiger partial charge < -0.3 is 5.32 Å². The molecule has 0 atom stereocenters. The van der Waals surface area contributed by atoms with Crippen molar-refractivity contribution in [3.8, 4) is 0 Å². The number of nitrogens with one attached hydrogen (secondary N) is 1. The van der Waals surface area contributed by atoms with Gasteiger partial charge in [-0.2, -0.15) is 5.10 Å². The number of nitro groups is 1. The Morgan fingerprint density at radius 2 is 2.00 bits per heavy atom. The number of benzene rings is 2. The van der Waals surface area contributed by atoms with Crippen LogP contribution in [0.5, 0.6) is 0 Å². The van der Waals surface area contributed by atoms with Gasteiger partial charge in [-0.05, 0) is 39.7 Å². The van der Waals surface area contributed by atoms with Gasteiger partial charge in [-0.1, -0.05) is 23.7 Å². The molecule has 7 nitrogen and oxygen atoms in total. The summed E-state index contributed by atoms with van der Waals surface area (Å²) >= 11 is 9.33. The number of halogens is 2. The maximum Gasteiger partial charge on any atom is 0.271 e. The molecule has 1 aromatic heterocycles. The SMILES string of the molecule is O=C(Nc1ccc([N+](=O)[O-])cc1Cl)c1ccc(Cn2cc(Br)cn2)cc1. The summed E-state index contributed by atoms with van der Waals surface area (Å²) in [6.07, 6.45) is 3.56. The van der Waals surface area contributed by atoms with E-state index in [2.05, 4.69) is 26.3 Å². The first-order valence-electron chi connectivity index (χ1n) is 7.44. The van der Waals surface area contributed by atoms with Crippen LogP contribution >= 0.6 is 27.5 Å². The molecule has 0 saturated heterocycles. The quantitative estimate of drug-likeness (QED) is 0.472. The summed E-state index contributed by atoms with van der Waals surface area (Å²) in [5, 5.41) is 17.7. The molecule has 0 unspecified atom stereocenters. The number of carbonyl (C=O) groups is 1. The monoisotopic (exact) mass is 434 g/mol. The van der Waals surface area contributed by atoms with Crippen molar-refractivity contribution in [1.82, 2.24) is 9.78 Å². The second-order valence-corrected chi connectivity index (χ2v) is 6.75. The topological polar surface area (TPSA) is 90.1 Å². The fraction of sp³-hybridized carbons (Fsp3) is 0.0588. The van der Waals surface area contributed by atoms with Crippen LogP contribution in [-0.2, 0) is 6.54 Å². The number of hydrogen-bond acceptors (Lipinski definition) is 4. The van der Waals surface area contributed by atoms with E-state index in [1.807, 2.05) is 18.3 Å². The van der Waals surface area contributed by atoms with Crippen molar-refractivity contribution in [3.05, 3.63) is 85.6 Å². The zero-order chi connectivity index (χ0) is 18.7. The van der Waals surface area contributed by atoms with Crippen molar-refractivity contribution in [2.45, 2.75) is 6.54 Å². The van der Waals surface area contributed by atoms with Crippen LogP contribution in [0.1, 0.15) is 15.9 Å². The lowest BCUT2D eigenvalue weighted by Crippen LogP contribution is -2.12. The van der Waals surface area contributed by atoms with E-state index < -0.39 is 4.92 Å². The number of non-ortho nitro benzene ring substituents is 1. The molecule has 1 N–H and O–H groups in total. The Morgan fingerprint density at radius 1 is 1.27 bits per heavy atom. The average molecular weight is 436 g/mol. The minimum atomic E-state index is -0.547. The van der Waals surface area contributed by atoms with E-state index in [0.29, 0.717) is 17.8 Å². The van der Waals surface area contributed by atoms with Gasteiger partial charge in [0.05, 0.1) is 32.8 Å². The third-order valence-electron chi connectivity index (χ3n) is 3.57. The molecule has 3 aromatic rings. The van der Waals surface area contributed by atoms with Crippen LogP contribution in [0, 0.1) is 10.1 Å². The molecule has 0 radical (unpaired) electrons. The molecule has 0 aliphatic rings. The highest BCUT2D eigenvalue weighted by molar-refractivity contribution is 9.10. The van der Waals surface area contributed by atoms with Gasteiger partial charge in [-0.25, -0.2) is 0 Å². The highest BCUT2D eigenvalue weighted by atomic mass is 79.9. The Kier molecular flexibility index (Phi) is 5.34. The molecule has 9 heteroatoms. The van der Waals surface area contributed by atoms with Crippen molar-refractivity contribution in [3.63, 3.8) is 0 Å². The normalized spacial score (nSPS) is 10.5. The van der Waals surface area contributed by atoms with Crippen LogP contribution in [0.25, 0.3) is 0 Å². The number of amides is 1. The molecule has 0 aliphatic heterocycles. The first-order chi connectivity index (χ1) is 12.4. The maximum absolute atomic E-state index is 12.3. The first kappa shape index (κ1) is 18.1. The Bertz CT molecular complexity index is 972. The lowest BCUT2D eigenvalue weighted by Gasteiger charge is -2.08. The van der Waals surface area contributed by atoms with Gasteiger partial charge >= 0.3 is 0 Å². The molecule has 0 aliphatic carbocycles. The molecule has 0 bridgehead atoms. The molecule has 132 valence electrons. The zero-order valence-electron chi connectivity index (χ0n) is 13.2. The molecule has 26 heavy (non-hydrogen) atoms. The van der Waals surface area contributed by atoms with Gasteiger partial charge in [0.25, 0.3) is 11.6 Å². The molecular weight excluding hydrogens is 424 g/mol. The smallest absolute Gasteiger partial charge is 0.271 e. The van der Waals surface area contributed by atoms with E-state index in [4.69, 9.17) is 11.6 Å². The summed E-state index contributed by atoms with van der Waals surface area (Å²) in [5.74, 6) is -0.353. The summed E-state index contributed by atoms with van der Waals surface area (Å²) in [6, 6.07) is 11.0. The van der Waals surface area contributed by atoms with E-state index in [1.165, 1.54) is 18.2 Å². The molecule has 0 spiro atoms. The minimum absolute atomic E-state index is 0.105. The van der Waals surface area contributed by atoms with Crippen LogP contribution < -0.4 is 5.32 Å². The van der Waals surface area contributed by atoms with Crippen LogP contribution in [-0.4, -0.2) is 20.6 Å². The molecule has 1 heterocycles. The van der Waals surface area contributed by atoms with Gasteiger partial charge in [-0.15, -0.1) is 0 Å². The summed E-state index contributed by atoms with van der Waals surface area (Å²) in [6.45, 7) is 0.585. The van der Waals surface area contributed by atoms with E-state index in [1.54, 1.807) is 23.0 Å². The second-order valence-electron chi connectivity index (χ2n) is 5.43. The highest BCUT2D eigenvalue weighted by Crippen LogP contribution is 2.27. The minimum Gasteiger partial charge on any atom is -0.321 e. The van der Waals surface area contributed by atoms with Gasteiger partial charge in [0.15, 0.2) is 0 Å². The van der Waals surface area contributed by atoms with E-state index >= 15 is 0 Å². The van der Waals surface area contributed by atoms with Crippen molar-refractivity contribution in [2.75, 3.05) is 5.32 Å². The maximum atomic E-state index is 12.3. The van der Waals surface area contributed by atoms with Crippen molar-refractivity contribution in [2.24, 2.45) is 0 Å². The zero-order valence-corrected chi connectivity index (χ0v) is 15.6. The van der Waals surface area contributed by atoms with E-state index in [9.17, 15) is 14.9 Å². The number of nitro benzene ring substituents is 1. The van der Waals surface area contributed by atoms with Crippen LogP contribution in [0.2, 0.25) is 5.02 Å². The van der Waals surface area contributed by atoms with Crippen LogP contribution in [0.15, 0.2) is 59.3 Å². The second kappa shape index (κ2) is 7.67. The summed E-state index contributed by atoms with van der Waals surface area (Å²) < 4.78 is 2.67. The summed E-state index contributed by atoms with van der Waals surface area (Å²) in [5.41, 5.74) is 1.62. The third kappa shape index (κ3) is 4.27. The number of aromatic nitrogens is 2. The number of nitrogens with zero attached hydrogens (tertiary/aromatic N) is 3. The van der Waals surface area contributed by atoms with Gasteiger partial charge in [0, 0.05) is 23.9 Å². The summed E-state index contributed by atoms with van der Waals surface area (Å²) in [7, 11) is 0. The molecule has 2 aromatic carbocycles. The van der Waals surface area contributed by atoms with Crippen molar-refractivity contribution in [1.29, 1.82) is 0 Å². The first-order valence-corrected chi connectivity index (χ1v) is 8.61. The highest BCUT2D eigenvalue weighted by Gasteiger charge is 2.12. The third-order valence-corrected chi connectivity index (χ3v) is 4.30. The van der Waals surface area contributed by atoms with Gasteiger partial charge in [-0.3, -0.25) is 19.6 Å². The molecular formula is C17H12BrClN4O3. The fourth-order valence-corrected chi connectivity index (χ4v) is 2.84. The predicted molar refractivity (Wildman–Crippen MR) is 102 cm³/mol. The standard InChI is InChI=1S/C17H12BrClN4O3/c18-13-8-20-22(10-13)9-11-1-3-12(4-2-11)17(24)21-16-6-5-14(23(25)26)7-15(16)19/h1-8,10H,9H2,(H,21,24). The fourth-order valence-electron chi connectivity index (χ4n) is 2.29. The molecule has 1 amide bonds. The van der Waals surface area contributed by atoms with E-state index in [-0.39, 0.29) is 16.6 Å². The van der Waals surface area contributed by atoms with Crippen molar-refractivity contribution < 1.29 is 9.72 Å². The molecule has 0 fully saturated rings. The van der Waals surface area contributed by atoms with Crippen LogP contribution in [0.3, 0.4) is 0 Å². The number of anilines is 1. The Balaban J connectivity index is 1.69. The van der Waals surface area contributed by atoms with Crippen molar-refractivity contribution >= 4 is 44.8 Å². The average Bonchev–Trinajstić information content (AvgIpc) is 3.02. The number of carbonyl (C=O) groups excluding carboxylic acids is 1. The number of rotatable bonds is 5. The Hall–Kier alpha value is -2.71. The molecule has 0 saturated carbocycles. The largest absolute Gasteiger partial charge is 0.321 e. The number of hydrogen-bond donors (Lipinski definition) is 1. The van der Waals surface area contributed by atoms with Gasteiger partial charge in [0.1, 0.15) is 0 Å². The van der Waals surface area contributed by atoms with Crippen LogP contribution in [0.4, 0.5) is 11.4 Å². The van der Waals surface area contributed by atoms with Gasteiger partial charge in [0.2, 0.25) is 0 Å². The molecule has 3 rings (SSSR count). The lowest BCUT2D eigenvalue weighted by atomic mass is 10.1. The summed E-state index contributed by atoms with van der Waals surface area (Å²) in [4.78, 5) is 22.5. The Morgan fingerprint density at radius 3 is 2.58 bits per heavy atom. The Labute approximate surface area is 161 Å². The lowest BCUT2D eigenvalue weighted by molar-refractivity contribution is -0.384. The predicted octanol–water partition coefficient (Wildman–Crippen LogP) is 4.51.